The van der Waals surface area contributed by atoms with Crippen molar-refractivity contribution in [3.05, 3.63) is 59.4 Å². The molecule has 0 aliphatic carbocycles. The number of fused-ring (bicyclic) bond motifs is 1. The Hall–Kier alpha value is -3.00. The van der Waals surface area contributed by atoms with E-state index in [-0.39, 0.29) is 5.91 Å². The monoisotopic (exact) mass is 398 g/mol. The van der Waals surface area contributed by atoms with Crippen LogP contribution < -0.4 is 10.0 Å². The Morgan fingerprint density at radius 2 is 1.46 bits per heavy atom. The minimum absolute atomic E-state index is 0.273. The van der Waals surface area contributed by atoms with Crippen LogP contribution in [0, 0.1) is 0 Å². The average molecular weight is 398 g/mol. The summed E-state index contributed by atoms with van der Waals surface area (Å²) in [6, 6.07) is 11.7. The van der Waals surface area contributed by atoms with Crippen LogP contribution in [0.4, 0.5) is 11.4 Å². The van der Waals surface area contributed by atoms with Crippen LogP contribution >= 0.6 is 0 Å². The first kappa shape index (κ1) is 19.8. The smallest absolute Gasteiger partial charge is 0.255 e. The summed E-state index contributed by atoms with van der Waals surface area (Å²) in [6.07, 6.45) is 2.69. The molecule has 0 unspecified atom stereocenters. The zero-order chi connectivity index (χ0) is 20.3. The molecule has 0 radical (unpaired) electrons. The van der Waals surface area contributed by atoms with Crippen LogP contribution in [0.3, 0.4) is 0 Å². The standard InChI is InChI=1S/C20H22N4O3S/c1-4-16-17(5-2)23-19-12-13(6-11-18(19)22-16)20(25)21-14-7-9-15(10-8-14)24-28(3,26)27/h6-12,24H,4-5H2,1-3H3,(H,21,25). The normalized spacial score (nSPS) is 11.4. The number of hydrogen-bond donors (Lipinski definition) is 2. The first-order valence-corrected chi connectivity index (χ1v) is 10.9. The lowest BCUT2D eigenvalue weighted by atomic mass is 10.1. The van der Waals surface area contributed by atoms with Crippen molar-refractivity contribution in [3.63, 3.8) is 0 Å². The molecule has 0 atom stereocenters. The minimum atomic E-state index is -3.34. The molecule has 0 aliphatic rings. The number of nitrogens with zero attached hydrogens (tertiary/aromatic N) is 2. The predicted molar refractivity (Wildman–Crippen MR) is 111 cm³/mol. The van der Waals surface area contributed by atoms with E-state index in [2.05, 4.69) is 20.0 Å². The molecule has 7 nitrogen and oxygen atoms in total. The highest BCUT2D eigenvalue weighted by Gasteiger charge is 2.11. The predicted octanol–water partition coefficient (Wildman–Crippen LogP) is 3.38. The number of sulfonamides is 1. The van der Waals surface area contributed by atoms with Crippen molar-refractivity contribution >= 4 is 38.3 Å². The molecule has 3 aromatic rings. The molecule has 1 heterocycles. The summed E-state index contributed by atoms with van der Waals surface area (Å²) in [7, 11) is -3.34. The van der Waals surface area contributed by atoms with Gasteiger partial charge in [-0.2, -0.15) is 0 Å². The maximum Gasteiger partial charge on any atom is 0.255 e. The average Bonchev–Trinajstić information content (AvgIpc) is 2.66. The minimum Gasteiger partial charge on any atom is -0.322 e. The first-order chi connectivity index (χ1) is 13.3. The second kappa shape index (κ2) is 7.93. The lowest BCUT2D eigenvalue weighted by Gasteiger charge is -2.09. The van der Waals surface area contributed by atoms with Gasteiger partial charge in [0.2, 0.25) is 10.0 Å². The molecule has 2 N–H and O–H groups in total. The fraction of sp³-hybridized carbons (Fsp3) is 0.250. The number of rotatable bonds is 6. The van der Waals surface area contributed by atoms with Gasteiger partial charge in [-0.25, -0.2) is 18.4 Å². The maximum atomic E-state index is 12.6. The molecule has 146 valence electrons. The van der Waals surface area contributed by atoms with Crippen molar-refractivity contribution in [1.82, 2.24) is 9.97 Å². The lowest BCUT2D eigenvalue weighted by molar-refractivity contribution is 0.102. The molecular formula is C20H22N4O3S. The van der Waals surface area contributed by atoms with Crippen LogP contribution in [0.1, 0.15) is 35.6 Å². The summed E-state index contributed by atoms with van der Waals surface area (Å²) < 4.78 is 24.9. The molecule has 1 amide bonds. The van der Waals surface area contributed by atoms with E-state index >= 15 is 0 Å². The summed E-state index contributed by atoms with van der Waals surface area (Å²) in [6.45, 7) is 4.08. The van der Waals surface area contributed by atoms with Gasteiger partial charge >= 0.3 is 0 Å². The number of carbonyl (C=O) groups is 1. The molecule has 0 aliphatic heterocycles. The second-order valence-electron chi connectivity index (χ2n) is 6.43. The molecule has 0 bridgehead atoms. The van der Waals surface area contributed by atoms with E-state index in [1.807, 2.05) is 13.8 Å². The summed E-state index contributed by atoms with van der Waals surface area (Å²) in [5.41, 5.74) is 4.85. The molecule has 1 aromatic heterocycles. The van der Waals surface area contributed by atoms with Crippen molar-refractivity contribution in [2.24, 2.45) is 0 Å². The number of aromatic nitrogens is 2. The van der Waals surface area contributed by atoms with Crippen molar-refractivity contribution in [3.8, 4) is 0 Å². The van der Waals surface area contributed by atoms with Crippen molar-refractivity contribution in [2.45, 2.75) is 26.7 Å². The number of nitrogens with one attached hydrogen (secondary N) is 2. The van der Waals surface area contributed by atoms with Crippen LogP contribution in [-0.2, 0) is 22.9 Å². The van der Waals surface area contributed by atoms with Crippen LogP contribution in [0.2, 0.25) is 0 Å². The van der Waals surface area contributed by atoms with Crippen LogP contribution in [0.15, 0.2) is 42.5 Å². The van der Waals surface area contributed by atoms with Gasteiger partial charge in [0.1, 0.15) is 0 Å². The topological polar surface area (TPSA) is 101 Å². The van der Waals surface area contributed by atoms with Gasteiger partial charge in [-0.05, 0) is 55.3 Å². The van der Waals surface area contributed by atoms with E-state index in [0.29, 0.717) is 22.5 Å². The molecular weight excluding hydrogens is 376 g/mol. The van der Waals surface area contributed by atoms with Crippen LogP contribution in [0.25, 0.3) is 11.0 Å². The Kier molecular flexibility index (Phi) is 5.60. The Morgan fingerprint density at radius 3 is 2.04 bits per heavy atom. The Labute approximate surface area is 164 Å². The van der Waals surface area contributed by atoms with E-state index in [9.17, 15) is 13.2 Å². The van der Waals surface area contributed by atoms with Gasteiger partial charge in [0.25, 0.3) is 5.91 Å². The molecule has 0 fully saturated rings. The fourth-order valence-electron chi connectivity index (χ4n) is 2.87. The largest absolute Gasteiger partial charge is 0.322 e. The number of benzene rings is 2. The van der Waals surface area contributed by atoms with Crippen molar-refractivity contribution in [1.29, 1.82) is 0 Å². The maximum absolute atomic E-state index is 12.6. The Balaban J connectivity index is 1.81. The van der Waals surface area contributed by atoms with Crippen molar-refractivity contribution in [2.75, 3.05) is 16.3 Å². The number of amides is 1. The van der Waals surface area contributed by atoms with E-state index < -0.39 is 10.0 Å². The van der Waals surface area contributed by atoms with Crippen LogP contribution in [0.5, 0.6) is 0 Å². The summed E-state index contributed by atoms with van der Waals surface area (Å²) >= 11 is 0. The third-order valence-corrected chi connectivity index (χ3v) is 4.80. The first-order valence-electron chi connectivity index (χ1n) is 8.97. The number of carbonyl (C=O) groups excluding carboxylic acids is 1. The third-order valence-electron chi connectivity index (χ3n) is 4.20. The zero-order valence-electron chi connectivity index (χ0n) is 16.0. The Morgan fingerprint density at radius 1 is 0.893 bits per heavy atom. The second-order valence-corrected chi connectivity index (χ2v) is 8.18. The van der Waals surface area contributed by atoms with Gasteiger partial charge in [0.15, 0.2) is 0 Å². The molecule has 3 rings (SSSR count). The van der Waals surface area contributed by atoms with Gasteiger partial charge in [0, 0.05) is 16.9 Å². The van der Waals surface area contributed by atoms with E-state index in [1.165, 1.54) is 0 Å². The summed E-state index contributed by atoms with van der Waals surface area (Å²) in [5, 5.41) is 2.80. The van der Waals surface area contributed by atoms with Gasteiger partial charge in [-0.15, -0.1) is 0 Å². The molecule has 8 heteroatoms. The number of aryl methyl sites for hydroxylation is 2. The fourth-order valence-corrected chi connectivity index (χ4v) is 3.44. The molecule has 0 saturated heterocycles. The third kappa shape index (κ3) is 4.64. The van der Waals surface area contributed by atoms with Gasteiger partial charge in [-0.1, -0.05) is 13.8 Å². The molecule has 0 saturated carbocycles. The van der Waals surface area contributed by atoms with E-state index in [0.717, 1.165) is 36.0 Å². The molecule has 28 heavy (non-hydrogen) atoms. The highest BCUT2D eigenvalue weighted by molar-refractivity contribution is 7.92. The molecule has 0 spiro atoms. The SMILES string of the molecule is CCc1nc2ccc(C(=O)Nc3ccc(NS(C)(=O)=O)cc3)cc2nc1CC. The molecule has 2 aromatic carbocycles. The van der Waals surface area contributed by atoms with E-state index in [1.54, 1.807) is 42.5 Å². The van der Waals surface area contributed by atoms with Gasteiger partial charge < -0.3 is 5.32 Å². The highest BCUT2D eigenvalue weighted by atomic mass is 32.2. The highest BCUT2D eigenvalue weighted by Crippen LogP contribution is 2.19. The number of hydrogen-bond acceptors (Lipinski definition) is 5. The summed E-state index contributed by atoms with van der Waals surface area (Å²) in [4.78, 5) is 21.9. The number of anilines is 2. The van der Waals surface area contributed by atoms with Gasteiger partial charge in [0.05, 0.1) is 28.7 Å². The van der Waals surface area contributed by atoms with Crippen LogP contribution in [-0.4, -0.2) is 30.5 Å². The quantitative estimate of drug-likeness (QED) is 0.663. The van der Waals surface area contributed by atoms with E-state index in [4.69, 9.17) is 0 Å². The lowest BCUT2D eigenvalue weighted by Crippen LogP contribution is -2.13. The van der Waals surface area contributed by atoms with Crippen molar-refractivity contribution < 1.29 is 13.2 Å². The zero-order valence-corrected chi connectivity index (χ0v) is 16.8. The summed E-state index contributed by atoms with van der Waals surface area (Å²) in [5.74, 6) is -0.273. The van der Waals surface area contributed by atoms with Gasteiger partial charge in [-0.3, -0.25) is 9.52 Å². The Bertz CT molecular complexity index is 1130.